The molecule has 7 heteroatoms. The van der Waals surface area contributed by atoms with Crippen molar-refractivity contribution in [3.05, 3.63) is 53.5 Å². The van der Waals surface area contributed by atoms with E-state index in [0.717, 1.165) is 17.1 Å². The highest BCUT2D eigenvalue weighted by molar-refractivity contribution is 5.98. The second-order valence-electron chi connectivity index (χ2n) is 7.13. The van der Waals surface area contributed by atoms with Gasteiger partial charge in [0.05, 0.1) is 23.3 Å². The number of nitrogens with one attached hydrogen (secondary N) is 2. The maximum atomic E-state index is 12.6. The molecule has 26 heavy (non-hydrogen) atoms. The number of anilines is 1. The molecule has 0 saturated heterocycles. The summed E-state index contributed by atoms with van der Waals surface area (Å²) in [5, 5.41) is 6.13. The van der Waals surface area contributed by atoms with Gasteiger partial charge in [0.2, 0.25) is 5.91 Å². The van der Waals surface area contributed by atoms with Crippen LogP contribution in [0.2, 0.25) is 0 Å². The summed E-state index contributed by atoms with van der Waals surface area (Å²) in [5.41, 5.74) is 1.94. The molecule has 0 fully saturated rings. The van der Waals surface area contributed by atoms with Crippen molar-refractivity contribution in [3.8, 4) is 0 Å². The topological polar surface area (TPSA) is 87.2 Å². The van der Waals surface area contributed by atoms with E-state index in [1.54, 1.807) is 17.3 Å². The van der Waals surface area contributed by atoms with Gasteiger partial charge in [-0.3, -0.25) is 14.6 Å². The molecule has 1 aliphatic rings. The molecule has 136 valence electrons. The Morgan fingerprint density at radius 2 is 2.12 bits per heavy atom. The first-order valence-electron chi connectivity index (χ1n) is 8.55. The van der Waals surface area contributed by atoms with Gasteiger partial charge in [-0.1, -0.05) is 6.07 Å². The first-order valence-corrected chi connectivity index (χ1v) is 8.55. The summed E-state index contributed by atoms with van der Waals surface area (Å²) in [6.45, 7) is 6.77. The van der Waals surface area contributed by atoms with Gasteiger partial charge < -0.3 is 15.5 Å². The lowest BCUT2D eigenvalue weighted by Gasteiger charge is -2.30. The summed E-state index contributed by atoms with van der Waals surface area (Å²) in [5.74, 6) is 0.562. The average molecular weight is 353 g/mol. The minimum Gasteiger partial charge on any atom is -0.366 e. The van der Waals surface area contributed by atoms with Gasteiger partial charge in [0.1, 0.15) is 5.82 Å². The molecule has 0 saturated carbocycles. The lowest BCUT2D eigenvalue weighted by molar-refractivity contribution is -0.120. The quantitative estimate of drug-likeness (QED) is 0.829. The number of carbonyl (C=O) groups is 2. The van der Waals surface area contributed by atoms with Crippen LogP contribution in [0.15, 0.2) is 36.7 Å². The Kier molecular flexibility index (Phi) is 4.88. The van der Waals surface area contributed by atoms with E-state index >= 15 is 0 Å². The molecule has 0 aromatic carbocycles. The van der Waals surface area contributed by atoms with E-state index in [4.69, 9.17) is 0 Å². The number of aromatic nitrogens is 2. The molecule has 3 rings (SSSR count). The van der Waals surface area contributed by atoms with Crippen molar-refractivity contribution >= 4 is 17.6 Å². The van der Waals surface area contributed by atoms with Crippen molar-refractivity contribution < 1.29 is 9.59 Å². The number of hydrogen-bond donors (Lipinski definition) is 2. The van der Waals surface area contributed by atoms with E-state index in [2.05, 4.69) is 20.6 Å². The molecule has 3 heterocycles. The highest BCUT2D eigenvalue weighted by Crippen LogP contribution is 2.24. The summed E-state index contributed by atoms with van der Waals surface area (Å²) in [7, 11) is 0. The Balaban J connectivity index is 1.67. The smallest absolute Gasteiger partial charge is 0.256 e. The molecular weight excluding hydrogens is 330 g/mol. The fourth-order valence-electron chi connectivity index (χ4n) is 3.15. The van der Waals surface area contributed by atoms with Crippen LogP contribution >= 0.6 is 0 Å². The third kappa shape index (κ3) is 4.17. The number of nitrogens with zero attached hydrogens (tertiary/aromatic N) is 3. The number of fused-ring (bicyclic) bond motifs is 1. The standard InChI is InChI=1S/C19H23N5O2/c1-13(25)23-19(2,3)12-24-11-16-15(18(24)26)6-7-17(22-16)21-10-14-5-4-8-20-9-14/h4-9H,10-12H2,1-3H3,(H,21,22)(H,23,25). The number of amides is 2. The summed E-state index contributed by atoms with van der Waals surface area (Å²) >= 11 is 0. The number of hydrogen-bond acceptors (Lipinski definition) is 5. The van der Waals surface area contributed by atoms with Crippen LogP contribution in [0.4, 0.5) is 5.82 Å². The maximum Gasteiger partial charge on any atom is 0.256 e. The molecule has 0 atom stereocenters. The van der Waals surface area contributed by atoms with Gasteiger partial charge in [0.15, 0.2) is 0 Å². The van der Waals surface area contributed by atoms with Crippen LogP contribution in [-0.2, 0) is 17.9 Å². The lowest BCUT2D eigenvalue weighted by Crippen LogP contribution is -2.50. The first kappa shape index (κ1) is 17.8. The zero-order valence-electron chi connectivity index (χ0n) is 15.2. The van der Waals surface area contributed by atoms with E-state index in [-0.39, 0.29) is 11.8 Å². The van der Waals surface area contributed by atoms with Gasteiger partial charge >= 0.3 is 0 Å². The zero-order valence-corrected chi connectivity index (χ0v) is 15.2. The third-order valence-electron chi connectivity index (χ3n) is 4.13. The molecule has 0 unspecified atom stereocenters. The first-order chi connectivity index (χ1) is 12.3. The summed E-state index contributed by atoms with van der Waals surface area (Å²) in [6, 6.07) is 7.50. The number of carbonyl (C=O) groups excluding carboxylic acids is 2. The van der Waals surface area contributed by atoms with Crippen molar-refractivity contribution in [2.24, 2.45) is 0 Å². The molecule has 2 N–H and O–H groups in total. The Morgan fingerprint density at radius 3 is 2.81 bits per heavy atom. The molecule has 2 aromatic rings. The van der Waals surface area contributed by atoms with Gasteiger partial charge in [-0.25, -0.2) is 4.98 Å². The molecule has 1 aliphatic heterocycles. The van der Waals surface area contributed by atoms with E-state index in [1.165, 1.54) is 6.92 Å². The lowest BCUT2D eigenvalue weighted by atomic mass is 10.1. The van der Waals surface area contributed by atoms with E-state index < -0.39 is 5.54 Å². The van der Waals surface area contributed by atoms with Crippen LogP contribution in [0, 0.1) is 0 Å². The van der Waals surface area contributed by atoms with Gasteiger partial charge in [-0.2, -0.15) is 0 Å². The van der Waals surface area contributed by atoms with E-state index in [1.807, 2.05) is 38.1 Å². The normalized spacial score (nSPS) is 13.5. The summed E-state index contributed by atoms with van der Waals surface area (Å²) in [6.07, 6.45) is 3.54. The van der Waals surface area contributed by atoms with Gasteiger partial charge in [0, 0.05) is 32.4 Å². The fraction of sp³-hybridized carbons (Fsp3) is 0.368. The Morgan fingerprint density at radius 1 is 1.31 bits per heavy atom. The SMILES string of the molecule is CC(=O)NC(C)(C)CN1Cc2nc(NCc3cccnc3)ccc2C1=O. The second kappa shape index (κ2) is 7.11. The van der Waals surface area contributed by atoms with Gasteiger partial charge in [0.25, 0.3) is 5.91 Å². The van der Waals surface area contributed by atoms with E-state index in [9.17, 15) is 9.59 Å². The number of rotatable bonds is 6. The molecule has 0 bridgehead atoms. The monoisotopic (exact) mass is 353 g/mol. The second-order valence-corrected chi connectivity index (χ2v) is 7.13. The van der Waals surface area contributed by atoms with Crippen molar-refractivity contribution in [1.29, 1.82) is 0 Å². The van der Waals surface area contributed by atoms with Crippen LogP contribution in [0.3, 0.4) is 0 Å². The highest BCUT2D eigenvalue weighted by atomic mass is 16.2. The minimum absolute atomic E-state index is 0.0512. The van der Waals surface area contributed by atoms with Crippen LogP contribution < -0.4 is 10.6 Å². The Labute approximate surface area is 152 Å². The highest BCUT2D eigenvalue weighted by Gasteiger charge is 2.33. The third-order valence-corrected chi connectivity index (χ3v) is 4.13. The predicted octanol–water partition coefficient (Wildman–Crippen LogP) is 1.96. The Hall–Kier alpha value is -2.96. The molecule has 7 nitrogen and oxygen atoms in total. The van der Waals surface area contributed by atoms with Gasteiger partial charge in [-0.05, 0) is 37.6 Å². The maximum absolute atomic E-state index is 12.6. The molecule has 0 aliphatic carbocycles. The zero-order chi connectivity index (χ0) is 18.7. The summed E-state index contributed by atoms with van der Waals surface area (Å²) in [4.78, 5) is 34.3. The average Bonchev–Trinajstić information content (AvgIpc) is 2.87. The van der Waals surface area contributed by atoms with Crippen LogP contribution in [0.25, 0.3) is 0 Å². The molecule has 2 amide bonds. The minimum atomic E-state index is -0.495. The van der Waals surface area contributed by atoms with Crippen molar-refractivity contribution in [2.75, 3.05) is 11.9 Å². The van der Waals surface area contributed by atoms with Crippen molar-refractivity contribution in [3.63, 3.8) is 0 Å². The van der Waals surface area contributed by atoms with Crippen LogP contribution in [0.5, 0.6) is 0 Å². The van der Waals surface area contributed by atoms with E-state index in [0.29, 0.717) is 25.2 Å². The molecule has 0 spiro atoms. The largest absolute Gasteiger partial charge is 0.366 e. The fourth-order valence-corrected chi connectivity index (χ4v) is 3.15. The van der Waals surface area contributed by atoms with Crippen molar-refractivity contribution in [2.45, 2.75) is 39.4 Å². The van der Waals surface area contributed by atoms with Crippen molar-refractivity contribution in [1.82, 2.24) is 20.2 Å². The molecule has 2 aromatic heterocycles. The summed E-state index contributed by atoms with van der Waals surface area (Å²) < 4.78 is 0. The van der Waals surface area contributed by atoms with Gasteiger partial charge in [-0.15, -0.1) is 0 Å². The molecular formula is C19H23N5O2. The molecule has 0 radical (unpaired) electrons. The van der Waals surface area contributed by atoms with Crippen LogP contribution in [0.1, 0.15) is 42.4 Å². The Bertz CT molecular complexity index is 820. The van der Waals surface area contributed by atoms with Crippen LogP contribution in [-0.4, -0.2) is 38.8 Å². The number of pyridine rings is 2. The predicted molar refractivity (Wildman–Crippen MR) is 98.4 cm³/mol.